The van der Waals surface area contributed by atoms with Crippen molar-refractivity contribution in [3.63, 3.8) is 0 Å². The third-order valence-electron chi connectivity index (χ3n) is 14.2. The summed E-state index contributed by atoms with van der Waals surface area (Å²) in [6, 6.07) is 0. The molecule has 3 N–H and O–H groups in total. The normalized spacial score (nSPS) is 14.9. The molecule has 0 fully saturated rings. The smallest absolute Gasteiger partial charge is 0.462 e. The second-order valence-electron chi connectivity index (χ2n) is 23.8. The van der Waals surface area contributed by atoms with Gasteiger partial charge in [0, 0.05) is 25.7 Å². The lowest BCUT2D eigenvalue weighted by Crippen LogP contribution is -2.30. The number of carbonyl (C=O) groups is 4. The molecule has 0 radical (unpaired) electrons. The monoisotopic (exact) mass is 1180 g/mol. The van der Waals surface area contributed by atoms with Crippen LogP contribution in [0.2, 0.25) is 0 Å². The van der Waals surface area contributed by atoms with Crippen molar-refractivity contribution >= 4 is 39.5 Å². The Morgan fingerprint density at radius 1 is 0.350 bits per heavy atom. The van der Waals surface area contributed by atoms with Gasteiger partial charge in [-0.15, -0.1) is 0 Å². The first-order valence-corrected chi connectivity index (χ1v) is 34.7. The fourth-order valence-corrected chi connectivity index (χ4v) is 10.4. The van der Waals surface area contributed by atoms with Crippen LogP contribution in [0.5, 0.6) is 0 Å². The highest BCUT2D eigenvalue weighted by molar-refractivity contribution is 7.47. The lowest BCUT2D eigenvalue weighted by atomic mass is 9.99. The number of unbranched alkanes of at least 4 members (excludes halogenated alkanes) is 23. The third-order valence-corrected chi connectivity index (χ3v) is 16.1. The highest BCUT2D eigenvalue weighted by Crippen LogP contribution is 2.45. The zero-order chi connectivity index (χ0) is 59.7. The van der Waals surface area contributed by atoms with Gasteiger partial charge in [0.15, 0.2) is 12.2 Å². The molecular formula is C61H118O17P2. The number of phosphoric acid groups is 2. The highest BCUT2D eigenvalue weighted by atomic mass is 31.2. The molecule has 0 aromatic rings. The van der Waals surface area contributed by atoms with E-state index in [1.165, 1.54) is 77.0 Å². The highest BCUT2D eigenvalue weighted by Gasteiger charge is 2.30. The van der Waals surface area contributed by atoms with Crippen LogP contribution >= 0.6 is 15.6 Å². The number of aliphatic hydroxyl groups is 1. The number of carbonyl (C=O) groups excluding carboxylic acids is 4. The quantitative estimate of drug-likeness (QED) is 0.0222. The van der Waals surface area contributed by atoms with Crippen molar-refractivity contribution in [1.29, 1.82) is 0 Å². The molecule has 0 aliphatic carbocycles. The molecule has 0 aromatic carbocycles. The minimum atomic E-state index is -4.94. The summed E-state index contributed by atoms with van der Waals surface area (Å²) < 4.78 is 67.8. The zero-order valence-electron chi connectivity index (χ0n) is 51.7. The third kappa shape index (κ3) is 54.0. The standard InChI is InChI=1S/C61H118O17P2/c1-9-54(8)40-32-24-14-10-11-15-27-35-43-60(65)77-56(47-71-58(63)41-33-25-16-12-13-21-29-37-51(2)3)49-75-79(67,68)73-45-55(62)46-74-80(69,70)76-50-57(78-61(66)44-36-28-20-18-23-31-39-53(6)7)48-72-59(64)42-34-26-19-17-22-30-38-52(4)5/h51-57,62H,9-50H2,1-8H3,(H,67,68)(H,69,70)/t54?,55?,56-,57-/m1/s1. The van der Waals surface area contributed by atoms with Crippen LogP contribution in [0.15, 0.2) is 0 Å². The fraction of sp³-hybridized carbons (Fsp3) is 0.934. The molecule has 0 saturated heterocycles. The Morgan fingerprint density at radius 2 is 0.600 bits per heavy atom. The maximum atomic E-state index is 12.9. The van der Waals surface area contributed by atoms with Crippen LogP contribution in [0.1, 0.15) is 287 Å². The van der Waals surface area contributed by atoms with E-state index in [0.717, 1.165) is 109 Å². The van der Waals surface area contributed by atoms with Gasteiger partial charge in [-0.1, -0.05) is 235 Å². The van der Waals surface area contributed by atoms with Crippen LogP contribution in [-0.2, 0) is 65.4 Å². The molecule has 0 bridgehead atoms. The molecule has 0 spiro atoms. The topological polar surface area (TPSA) is 237 Å². The fourth-order valence-electron chi connectivity index (χ4n) is 8.87. The molecule has 17 nitrogen and oxygen atoms in total. The van der Waals surface area contributed by atoms with Crippen molar-refractivity contribution in [3.8, 4) is 0 Å². The molecule has 474 valence electrons. The minimum absolute atomic E-state index is 0.100. The Hall–Kier alpha value is -1.94. The van der Waals surface area contributed by atoms with Crippen LogP contribution in [0.3, 0.4) is 0 Å². The average molecular weight is 1190 g/mol. The van der Waals surface area contributed by atoms with Crippen molar-refractivity contribution in [3.05, 3.63) is 0 Å². The Balaban J connectivity index is 5.25. The first-order valence-electron chi connectivity index (χ1n) is 31.7. The van der Waals surface area contributed by atoms with Crippen LogP contribution in [0.25, 0.3) is 0 Å². The molecule has 0 heterocycles. The van der Waals surface area contributed by atoms with Gasteiger partial charge in [-0.05, 0) is 49.4 Å². The molecule has 4 unspecified atom stereocenters. The molecule has 80 heavy (non-hydrogen) atoms. The van der Waals surface area contributed by atoms with E-state index in [-0.39, 0.29) is 25.7 Å². The average Bonchev–Trinajstić information content (AvgIpc) is 3.40. The summed E-state index contributed by atoms with van der Waals surface area (Å²) in [5, 5.41) is 10.5. The lowest BCUT2D eigenvalue weighted by Gasteiger charge is -2.21. The Kier molecular flexibility index (Phi) is 50.2. The Bertz CT molecular complexity index is 1610. The van der Waals surface area contributed by atoms with Gasteiger partial charge < -0.3 is 33.8 Å². The molecule has 6 atom stereocenters. The van der Waals surface area contributed by atoms with Crippen molar-refractivity contribution in [2.45, 2.75) is 305 Å². The number of aliphatic hydroxyl groups excluding tert-OH is 1. The summed E-state index contributed by atoms with van der Waals surface area (Å²) in [6.45, 7) is 13.8. The number of esters is 4. The van der Waals surface area contributed by atoms with Crippen LogP contribution < -0.4 is 0 Å². The molecule has 0 aromatic heterocycles. The van der Waals surface area contributed by atoms with Crippen LogP contribution in [0, 0.1) is 23.7 Å². The van der Waals surface area contributed by atoms with Gasteiger partial charge in [-0.25, -0.2) is 9.13 Å². The van der Waals surface area contributed by atoms with E-state index < -0.39 is 97.5 Å². The van der Waals surface area contributed by atoms with Gasteiger partial charge in [0.1, 0.15) is 19.3 Å². The molecular weight excluding hydrogens is 1070 g/mol. The Morgan fingerprint density at radius 3 is 0.887 bits per heavy atom. The van der Waals surface area contributed by atoms with Gasteiger partial charge in [-0.2, -0.15) is 0 Å². The molecule has 0 amide bonds. The maximum Gasteiger partial charge on any atom is 0.472 e. The van der Waals surface area contributed by atoms with Gasteiger partial charge in [-0.3, -0.25) is 37.3 Å². The first kappa shape index (κ1) is 78.1. The number of phosphoric ester groups is 2. The largest absolute Gasteiger partial charge is 0.472 e. The summed E-state index contributed by atoms with van der Waals surface area (Å²) in [5.74, 6) is 0.673. The van der Waals surface area contributed by atoms with Crippen molar-refractivity contribution in [1.82, 2.24) is 0 Å². The van der Waals surface area contributed by atoms with Crippen molar-refractivity contribution in [2.24, 2.45) is 23.7 Å². The van der Waals surface area contributed by atoms with E-state index in [4.69, 9.17) is 37.0 Å². The van der Waals surface area contributed by atoms with Gasteiger partial charge in [0.05, 0.1) is 26.4 Å². The second kappa shape index (κ2) is 51.5. The summed E-state index contributed by atoms with van der Waals surface area (Å²) in [5.41, 5.74) is 0. The second-order valence-corrected chi connectivity index (χ2v) is 26.7. The predicted molar refractivity (Wildman–Crippen MR) is 317 cm³/mol. The zero-order valence-corrected chi connectivity index (χ0v) is 53.5. The minimum Gasteiger partial charge on any atom is -0.462 e. The number of ether oxygens (including phenoxy) is 4. The molecule has 0 aliphatic rings. The maximum absolute atomic E-state index is 12.9. The van der Waals surface area contributed by atoms with Crippen LogP contribution in [-0.4, -0.2) is 96.7 Å². The van der Waals surface area contributed by atoms with E-state index in [2.05, 4.69) is 55.4 Å². The van der Waals surface area contributed by atoms with Gasteiger partial charge in [0.25, 0.3) is 0 Å². The van der Waals surface area contributed by atoms with E-state index in [9.17, 15) is 43.2 Å². The van der Waals surface area contributed by atoms with Crippen molar-refractivity contribution in [2.75, 3.05) is 39.6 Å². The van der Waals surface area contributed by atoms with E-state index in [0.29, 0.717) is 43.4 Å². The SMILES string of the molecule is CCC(C)CCCCCCCCCCC(=O)O[C@H](COC(=O)CCCCCCCCCC(C)C)COP(=O)(O)OCC(O)COP(=O)(O)OC[C@@H](COC(=O)CCCCCCCCC(C)C)OC(=O)CCCCCCCCC(C)C. The summed E-state index contributed by atoms with van der Waals surface area (Å²) in [6.07, 6.45) is 29.7. The molecule has 19 heteroatoms. The number of hydrogen-bond donors (Lipinski definition) is 3. The first-order chi connectivity index (χ1) is 38.1. The van der Waals surface area contributed by atoms with E-state index in [1.807, 2.05) is 0 Å². The van der Waals surface area contributed by atoms with Crippen molar-refractivity contribution < 1.29 is 80.2 Å². The lowest BCUT2D eigenvalue weighted by molar-refractivity contribution is -0.161. The van der Waals surface area contributed by atoms with Gasteiger partial charge in [0.2, 0.25) is 0 Å². The number of rotatable bonds is 58. The summed E-state index contributed by atoms with van der Waals surface area (Å²) in [7, 11) is -9.88. The van der Waals surface area contributed by atoms with Crippen LogP contribution in [0.4, 0.5) is 0 Å². The van der Waals surface area contributed by atoms with Gasteiger partial charge >= 0.3 is 39.5 Å². The molecule has 0 aliphatic heterocycles. The van der Waals surface area contributed by atoms with E-state index >= 15 is 0 Å². The molecule has 0 saturated carbocycles. The summed E-state index contributed by atoms with van der Waals surface area (Å²) >= 11 is 0. The predicted octanol–water partition coefficient (Wildman–Crippen LogP) is 16.2. The number of hydrogen-bond acceptors (Lipinski definition) is 15. The summed E-state index contributed by atoms with van der Waals surface area (Å²) in [4.78, 5) is 72.0. The molecule has 0 rings (SSSR count). The Labute approximate surface area is 486 Å². The van der Waals surface area contributed by atoms with E-state index in [1.54, 1.807) is 0 Å².